The van der Waals surface area contributed by atoms with E-state index in [4.69, 9.17) is 4.74 Å². The van der Waals surface area contributed by atoms with Crippen molar-refractivity contribution in [3.63, 3.8) is 0 Å². The topological polar surface area (TPSA) is 55.4 Å². The van der Waals surface area contributed by atoms with E-state index in [-0.39, 0.29) is 11.7 Å². The Bertz CT molecular complexity index is 412. The van der Waals surface area contributed by atoms with Crippen LogP contribution in [0, 0.1) is 0 Å². The van der Waals surface area contributed by atoms with Crippen LogP contribution < -0.4 is 10.1 Å². The van der Waals surface area contributed by atoms with Crippen LogP contribution in [0.5, 0.6) is 5.75 Å². The summed E-state index contributed by atoms with van der Waals surface area (Å²) in [5, 5.41) is 2.69. The lowest BCUT2D eigenvalue weighted by molar-refractivity contribution is -0.127. The van der Waals surface area contributed by atoms with E-state index in [2.05, 4.69) is 5.32 Å². The minimum Gasteiger partial charge on any atom is -0.481 e. The van der Waals surface area contributed by atoms with Gasteiger partial charge in [0.15, 0.2) is 11.9 Å². The fourth-order valence-corrected chi connectivity index (χ4v) is 1.50. The van der Waals surface area contributed by atoms with Gasteiger partial charge in [0.1, 0.15) is 5.75 Å². The van der Waals surface area contributed by atoms with Gasteiger partial charge in [-0.15, -0.1) is 0 Å². The Morgan fingerprint density at radius 2 is 1.83 bits per heavy atom. The number of likely N-dealkylation sites (N-methyl/N-ethyl adjacent to an activating group) is 1. The minimum absolute atomic E-state index is 0.0957. The van der Waals surface area contributed by atoms with Crippen molar-refractivity contribution >= 4 is 11.7 Å². The van der Waals surface area contributed by atoms with E-state index in [1.807, 2.05) is 13.8 Å². The number of hydrogen-bond donors (Lipinski definition) is 1. The molecule has 1 rings (SSSR count). The van der Waals surface area contributed by atoms with Crippen LogP contribution in [0.15, 0.2) is 24.3 Å². The van der Waals surface area contributed by atoms with Gasteiger partial charge in [-0.1, -0.05) is 6.92 Å². The molecule has 1 unspecified atom stereocenters. The lowest BCUT2D eigenvalue weighted by Gasteiger charge is -2.14. The number of Topliss-reactive ketones (excluding diaryl/α,β-unsaturated/α-hetero) is 1. The van der Waals surface area contributed by atoms with Gasteiger partial charge in [-0.3, -0.25) is 9.59 Å². The van der Waals surface area contributed by atoms with Gasteiger partial charge in [-0.2, -0.15) is 0 Å². The molecule has 0 spiro atoms. The molecule has 4 heteroatoms. The fraction of sp³-hybridized carbons (Fsp3) is 0.429. The van der Waals surface area contributed by atoms with Crippen LogP contribution in [0.25, 0.3) is 0 Å². The van der Waals surface area contributed by atoms with E-state index in [1.165, 1.54) is 0 Å². The normalized spacial score (nSPS) is 11.7. The zero-order valence-electron chi connectivity index (χ0n) is 11.0. The number of ketones is 1. The summed E-state index contributed by atoms with van der Waals surface area (Å²) in [5.74, 6) is 0.533. The Hall–Kier alpha value is -1.84. The summed E-state index contributed by atoms with van der Waals surface area (Å²) in [6.07, 6.45) is -0.0622. The third-order valence-electron chi connectivity index (χ3n) is 2.53. The van der Waals surface area contributed by atoms with Crippen LogP contribution in [-0.4, -0.2) is 24.3 Å². The first-order chi connectivity index (χ1) is 8.58. The molecule has 1 atom stereocenters. The molecule has 1 aromatic carbocycles. The van der Waals surface area contributed by atoms with Gasteiger partial charge in [0.2, 0.25) is 0 Å². The zero-order valence-corrected chi connectivity index (χ0v) is 11.0. The SMILES string of the molecule is CCNC(=O)C(C)Oc1ccc(C(=O)CC)cc1. The van der Waals surface area contributed by atoms with Gasteiger partial charge >= 0.3 is 0 Å². The highest BCUT2D eigenvalue weighted by atomic mass is 16.5. The first-order valence-electron chi connectivity index (χ1n) is 6.16. The largest absolute Gasteiger partial charge is 0.481 e. The number of carbonyl (C=O) groups is 2. The second-order valence-corrected chi connectivity index (χ2v) is 3.96. The summed E-state index contributed by atoms with van der Waals surface area (Å²) in [6.45, 7) is 5.95. The highest BCUT2D eigenvalue weighted by molar-refractivity contribution is 5.95. The summed E-state index contributed by atoms with van der Waals surface area (Å²) in [5.41, 5.74) is 0.663. The monoisotopic (exact) mass is 249 g/mol. The van der Waals surface area contributed by atoms with Crippen LogP contribution in [0.2, 0.25) is 0 Å². The number of ether oxygens (including phenoxy) is 1. The fourth-order valence-electron chi connectivity index (χ4n) is 1.50. The Balaban J connectivity index is 2.63. The molecule has 1 amide bonds. The molecule has 0 bridgehead atoms. The van der Waals surface area contributed by atoms with Crippen molar-refractivity contribution in [2.45, 2.75) is 33.3 Å². The van der Waals surface area contributed by atoms with E-state index in [1.54, 1.807) is 31.2 Å². The van der Waals surface area contributed by atoms with Gasteiger partial charge in [0, 0.05) is 18.5 Å². The first kappa shape index (κ1) is 14.2. The molecule has 0 saturated heterocycles. The molecule has 0 radical (unpaired) electrons. The van der Waals surface area contributed by atoms with Crippen molar-refractivity contribution in [3.05, 3.63) is 29.8 Å². The van der Waals surface area contributed by atoms with Crippen LogP contribution in [0.1, 0.15) is 37.6 Å². The molecule has 98 valence electrons. The van der Waals surface area contributed by atoms with Gasteiger partial charge in [-0.05, 0) is 38.1 Å². The van der Waals surface area contributed by atoms with E-state index in [0.29, 0.717) is 24.3 Å². The predicted molar refractivity (Wildman–Crippen MR) is 69.8 cm³/mol. The third kappa shape index (κ3) is 3.87. The maximum atomic E-state index is 11.5. The van der Waals surface area contributed by atoms with Crippen molar-refractivity contribution in [1.82, 2.24) is 5.32 Å². The summed E-state index contributed by atoms with van der Waals surface area (Å²) < 4.78 is 5.47. The summed E-state index contributed by atoms with van der Waals surface area (Å²) >= 11 is 0. The Labute approximate surface area is 107 Å². The number of amides is 1. The van der Waals surface area contributed by atoms with Crippen LogP contribution >= 0.6 is 0 Å². The lowest BCUT2D eigenvalue weighted by atomic mass is 10.1. The number of benzene rings is 1. The van der Waals surface area contributed by atoms with E-state index in [9.17, 15) is 9.59 Å². The second-order valence-electron chi connectivity index (χ2n) is 3.96. The summed E-state index contributed by atoms with van der Waals surface area (Å²) in [7, 11) is 0. The molecule has 18 heavy (non-hydrogen) atoms. The van der Waals surface area contributed by atoms with Gasteiger partial charge < -0.3 is 10.1 Å². The lowest BCUT2D eigenvalue weighted by Crippen LogP contribution is -2.36. The van der Waals surface area contributed by atoms with Gasteiger partial charge in [-0.25, -0.2) is 0 Å². The molecule has 1 aromatic rings. The molecule has 0 fully saturated rings. The van der Waals surface area contributed by atoms with Crippen molar-refractivity contribution in [2.24, 2.45) is 0 Å². The number of rotatable bonds is 6. The molecule has 1 N–H and O–H groups in total. The zero-order chi connectivity index (χ0) is 13.5. The van der Waals surface area contributed by atoms with Crippen LogP contribution in [0.3, 0.4) is 0 Å². The molecule has 0 aliphatic heterocycles. The predicted octanol–water partition coefficient (Wildman–Crippen LogP) is 2.18. The Kier molecular flexibility index (Phi) is 5.36. The maximum absolute atomic E-state index is 11.5. The van der Waals surface area contributed by atoms with Gasteiger partial charge in [0.05, 0.1) is 0 Å². The molecule has 0 aromatic heterocycles. The molecule has 0 aliphatic rings. The van der Waals surface area contributed by atoms with Crippen molar-refractivity contribution in [2.75, 3.05) is 6.54 Å². The molecular formula is C14H19NO3. The minimum atomic E-state index is -0.544. The van der Waals surface area contributed by atoms with E-state index < -0.39 is 6.10 Å². The van der Waals surface area contributed by atoms with Crippen molar-refractivity contribution < 1.29 is 14.3 Å². The van der Waals surface area contributed by atoms with Gasteiger partial charge in [0.25, 0.3) is 5.91 Å². The van der Waals surface area contributed by atoms with Crippen molar-refractivity contribution in [3.8, 4) is 5.75 Å². The van der Waals surface area contributed by atoms with E-state index in [0.717, 1.165) is 0 Å². The Morgan fingerprint density at radius 3 is 2.33 bits per heavy atom. The second kappa shape index (κ2) is 6.79. The maximum Gasteiger partial charge on any atom is 0.260 e. The van der Waals surface area contributed by atoms with Crippen LogP contribution in [0.4, 0.5) is 0 Å². The van der Waals surface area contributed by atoms with Crippen LogP contribution in [-0.2, 0) is 4.79 Å². The smallest absolute Gasteiger partial charge is 0.260 e. The molecule has 0 saturated carbocycles. The summed E-state index contributed by atoms with van der Waals surface area (Å²) in [6, 6.07) is 6.84. The highest BCUT2D eigenvalue weighted by Crippen LogP contribution is 2.15. The quantitative estimate of drug-likeness (QED) is 0.786. The average Bonchev–Trinajstić information content (AvgIpc) is 2.39. The van der Waals surface area contributed by atoms with E-state index >= 15 is 0 Å². The van der Waals surface area contributed by atoms with Crippen molar-refractivity contribution in [1.29, 1.82) is 0 Å². The molecule has 4 nitrogen and oxygen atoms in total. The third-order valence-corrected chi connectivity index (χ3v) is 2.53. The number of carbonyl (C=O) groups excluding carboxylic acids is 2. The number of nitrogens with one attached hydrogen (secondary N) is 1. The standard InChI is InChI=1S/C14H19NO3/c1-4-13(16)11-6-8-12(9-7-11)18-10(3)14(17)15-5-2/h6-10H,4-5H2,1-3H3,(H,15,17). The highest BCUT2D eigenvalue weighted by Gasteiger charge is 2.13. The molecular weight excluding hydrogens is 230 g/mol. The Morgan fingerprint density at radius 1 is 1.22 bits per heavy atom. The average molecular weight is 249 g/mol. The summed E-state index contributed by atoms with van der Waals surface area (Å²) in [4.78, 5) is 22.9. The molecule has 0 heterocycles. The molecule has 0 aliphatic carbocycles. The number of hydrogen-bond acceptors (Lipinski definition) is 3. The first-order valence-corrected chi connectivity index (χ1v) is 6.16.